The van der Waals surface area contributed by atoms with Crippen molar-refractivity contribution >= 4 is 23.1 Å². The Bertz CT molecular complexity index is 1120. The van der Waals surface area contributed by atoms with Gasteiger partial charge in [-0.25, -0.2) is 0 Å². The van der Waals surface area contributed by atoms with Gasteiger partial charge in [-0.15, -0.1) is 0 Å². The van der Waals surface area contributed by atoms with Crippen LogP contribution in [0.4, 0.5) is 5.69 Å². The summed E-state index contributed by atoms with van der Waals surface area (Å²) in [5.74, 6) is 0.0397. The Kier molecular flexibility index (Phi) is 5.85. The van der Waals surface area contributed by atoms with E-state index >= 15 is 0 Å². The molecule has 0 radical (unpaired) electrons. The predicted octanol–water partition coefficient (Wildman–Crippen LogP) is 4.65. The molecule has 0 fully saturated rings. The molecular weight excluding hydrogens is 388 g/mol. The maximum Gasteiger partial charge on any atom is 0.278 e. The molecule has 0 aliphatic carbocycles. The lowest BCUT2D eigenvalue weighted by Gasteiger charge is -2.15. The molecule has 2 amide bonds. The van der Waals surface area contributed by atoms with Gasteiger partial charge in [-0.05, 0) is 47.4 Å². The number of imide groups is 1. The summed E-state index contributed by atoms with van der Waals surface area (Å²) in [4.78, 5) is 28.0. The van der Waals surface area contributed by atoms with E-state index in [-0.39, 0.29) is 24.1 Å². The van der Waals surface area contributed by atoms with Gasteiger partial charge < -0.3 is 10.1 Å². The topological polar surface area (TPSA) is 58.6 Å². The fourth-order valence-corrected chi connectivity index (χ4v) is 3.60. The summed E-state index contributed by atoms with van der Waals surface area (Å²) in [7, 11) is 1.59. The van der Waals surface area contributed by atoms with Crippen LogP contribution in [0.25, 0.3) is 5.57 Å². The van der Waals surface area contributed by atoms with Gasteiger partial charge in [0.1, 0.15) is 11.4 Å². The quantitative estimate of drug-likeness (QED) is 0.574. The number of hydrogen-bond donors (Lipinski definition) is 1. The number of ether oxygens (including phenoxy) is 1. The molecule has 31 heavy (non-hydrogen) atoms. The standard InChI is InChI=1S/C26H24N2O3/c1-3-18-9-13-21(14-10-18)27-24-23(20-11-15-22(31-2)16-12-20)25(29)28(26(24)30)17-19-7-5-4-6-8-19/h4-16,27H,3,17H2,1-2H3. The molecule has 0 spiro atoms. The molecule has 0 bridgehead atoms. The fraction of sp³-hybridized carbons (Fsp3) is 0.154. The van der Waals surface area contributed by atoms with Crippen LogP contribution in [0.2, 0.25) is 0 Å². The third-order valence-electron chi connectivity index (χ3n) is 5.36. The van der Waals surface area contributed by atoms with Crippen molar-refractivity contribution < 1.29 is 14.3 Å². The summed E-state index contributed by atoms with van der Waals surface area (Å²) in [6.45, 7) is 2.31. The van der Waals surface area contributed by atoms with E-state index in [1.54, 1.807) is 31.4 Å². The number of methoxy groups -OCH3 is 1. The monoisotopic (exact) mass is 412 g/mol. The van der Waals surface area contributed by atoms with Crippen molar-refractivity contribution in [3.63, 3.8) is 0 Å². The first-order chi connectivity index (χ1) is 15.1. The summed E-state index contributed by atoms with van der Waals surface area (Å²) in [5.41, 5.74) is 4.18. The van der Waals surface area contributed by atoms with Crippen LogP contribution < -0.4 is 10.1 Å². The fourth-order valence-electron chi connectivity index (χ4n) is 3.60. The number of nitrogens with zero attached hydrogens (tertiary/aromatic N) is 1. The number of benzene rings is 3. The second-order valence-electron chi connectivity index (χ2n) is 7.34. The number of aryl methyl sites for hydroxylation is 1. The molecule has 1 N–H and O–H groups in total. The van der Waals surface area contributed by atoms with E-state index < -0.39 is 0 Å². The van der Waals surface area contributed by atoms with Gasteiger partial charge in [0.15, 0.2) is 0 Å². The summed E-state index contributed by atoms with van der Waals surface area (Å²) >= 11 is 0. The van der Waals surface area contributed by atoms with Gasteiger partial charge in [-0.2, -0.15) is 0 Å². The Morgan fingerprint density at radius 2 is 1.48 bits per heavy atom. The number of amides is 2. The zero-order valence-corrected chi connectivity index (χ0v) is 17.6. The molecular formula is C26H24N2O3. The van der Waals surface area contributed by atoms with Gasteiger partial charge in [-0.3, -0.25) is 14.5 Å². The van der Waals surface area contributed by atoms with E-state index in [0.29, 0.717) is 16.9 Å². The molecule has 1 aliphatic rings. The zero-order valence-electron chi connectivity index (χ0n) is 17.6. The summed E-state index contributed by atoms with van der Waals surface area (Å²) in [6.07, 6.45) is 0.933. The number of carbonyl (C=O) groups is 2. The molecule has 3 aromatic rings. The van der Waals surface area contributed by atoms with Crippen LogP contribution in [-0.2, 0) is 22.6 Å². The minimum Gasteiger partial charge on any atom is -0.497 e. The average molecular weight is 412 g/mol. The van der Waals surface area contributed by atoms with Gasteiger partial charge in [0, 0.05) is 5.69 Å². The lowest BCUT2D eigenvalue weighted by atomic mass is 10.0. The normalized spacial score (nSPS) is 13.7. The number of anilines is 1. The average Bonchev–Trinajstić information content (AvgIpc) is 3.04. The molecule has 0 saturated carbocycles. The van der Waals surface area contributed by atoms with Crippen molar-refractivity contribution in [3.8, 4) is 5.75 Å². The molecule has 0 saturated heterocycles. The number of hydrogen-bond acceptors (Lipinski definition) is 4. The predicted molar refractivity (Wildman–Crippen MR) is 121 cm³/mol. The maximum absolute atomic E-state index is 13.4. The highest BCUT2D eigenvalue weighted by Gasteiger charge is 2.39. The van der Waals surface area contributed by atoms with Crippen molar-refractivity contribution in [3.05, 3.63) is 101 Å². The van der Waals surface area contributed by atoms with Crippen molar-refractivity contribution in [2.75, 3.05) is 12.4 Å². The number of carbonyl (C=O) groups excluding carboxylic acids is 2. The lowest BCUT2D eigenvalue weighted by molar-refractivity contribution is -0.137. The minimum absolute atomic E-state index is 0.220. The zero-order chi connectivity index (χ0) is 21.8. The van der Waals surface area contributed by atoms with E-state index in [9.17, 15) is 9.59 Å². The third kappa shape index (κ3) is 4.21. The van der Waals surface area contributed by atoms with Crippen molar-refractivity contribution in [2.24, 2.45) is 0 Å². The first kappa shape index (κ1) is 20.4. The van der Waals surface area contributed by atoms with E-state index in [0.717, 1.165) is 17.7 Å². The van der Waals surface area contributed by atoms with Gasteiger partial charge in [0.2, 0.25) is 0 Å². The van der Waals surface area contributed by atoms with Crippen LogP contribution in [0.15, 0.2) is 84.6 Å². The largest absolute Gasteiger partial charge is 0.497 e. The number of nitrogens with one attached hydrogen (secondary N) is 1. The maximum atomic E-state index is 13.4. The Hall–Kier alpha value is -3.86. The Balaban J connectivity index is 1.72. The molecule has 4 rings (SSSR count). The van der Waals surface area contributed by atoms with Gasteiger partial charge in [0.05, 0.1) is 19.2 Å². The highest BCUT2D eigenvalue weighted by atomic mass is 16.5. The van der Waals surface area contributed by atoms with Crippen molar-refractivity contribution in [1.29, 1.82) is 0 Å². The van der Waals surface area contributed by atoms with Crippen LogP contribution in [0.5, 0.6) is 5.75 Å². The van der Waals surface area contributed by atoms with Crippen LogP contribution in [-0.4, -0.2) is 23.8 Å². The SMILES string of the molecule is CCc1ccc(NC2=C(c3ccc(OC)cc3)C(=O)N(Cc3ccccc3)C2=O)cc1. The second-order valence-corrected chi connectivity index (χ2v) is 7.34. The first-order valence-electron chi connectivity index (χ1n) is 10.3. The first-order valence-corrected chi connectivity index (χ1v) is 10.3. The minimum atomic E-state index is -0.334. The van der Waals surface area contributed by atoms with E-state index in [2.05, 4.69) is 12.2 Å². The smallest absolute Gasteiger partial charge is 0.278 e. The molecule has 5 heteroatoms. The third-order valence-corrected chi connectivity index (χ3v) is 5.36. The summed E-state index contributed by atoms with van der Waals surface area (Å²) in [6, 6.07) is 24.6. The molecule has 156 valence electrons. The molecule has 0 aromatic heterocycles. The Morgan fingerprint density at radius 3 is 2.10 bits per heavy atom. The molecule has 3 aromatic carbocycles. The van der Waals surface area contributed by atoms with Crippen LogP contribution in [0.3, 0.4) is 0 Å². The Morgan fingerprint density at radius 1 is 0.806 bits per heavy atom. The van der Waals surface area contributed by atoms with Gasteiger partial charge in [0.25, 0.3) is 11.8 Å². The summed E-state index contributed by atoms with van der Waals surface area (Å²) < 4.78 is 5.23. The van der Waals surface area contributed by atoms with Crippen molar-refractivity contribution in [2.45, 2.75) is 19.9 Å². The highest BCUT2D eigenvalue weighted by molar-refractivity contribution is 6.36. The number of rotatable bonds is 7. The lowest BCUT2D eigenvalue weighted by Crippen LogP contribution is -2.31. The van der Waals surface area contributed by atoms with E-state index in [1.807, 2.05) is 54.6 Å². The molecule has 1 aliphatic heterocycles. The van der Waals surface area contributed by atoms with Gasteiger partial charge in [-0.1, -0.05) is 61.5 Å². The van der Waals surface area contributed by atoms with Crippen LogP contribution in [0, 0.1) is 0 Å². The Labute approximate surface area is 182 Å². The summed E-state index contributed by atoms with van der Waals surface area (Å²) in [5, 5.41) is 3.20. The van der Waals surface area contributed by atoms with Gasteiger partial charge >= 0.3 is 0 Å². The van der Waals surface area contributed by atoms with Crippen LogP contribution >= 0.6 is 0 Å². The molecule has 0 unspecified atom stereocenters. The molecule has 5 nitrogen and oxygen atoms in total. The van der Waals surface area contributed by atoms with E-state index in [4.69, 9.17) is 4.74 Å². The molecule has 1 heterocycles. The van der Waals surface area contributed by atoms with E-state index in [1.165, 1.54) is 10.5 Å². The highest BCUT2D eigenvalue weighted by Crippen LogP contribution is 2.32. The van der Waals surface area contributed by atoms with Crippen molar-refractivity contribution in [1.82, 2.24) is 4.90 Å². The molecule has 0 atom stereocenters. The second kappa shape index (κ2) is 8.88. The van der Waals surface area contributed by atoms with Crippen LogP contribution in [0.1, 0.15) is 23.6 Å².